The number of carbonyl (C=O) groups excluding carboxylic acids is 1. The van der Waals surface area contributed by atoms with E-state index in [1.165, 1.54) is 167 Å². The molecule has 0 saturated carbocycles. The highest BCUT2D eigenvalue weighted by Crippen LogP contribution is 2.15. The summed E-state index contributed by atoms with van der Waals surface area (Å²) in [5, 5.41) is 23.0. The van der Waals surface area contributed by atoms with Crippen LogP contribution in [0.5, 0.6) is 0 Å². The highest BCUT2D eigenvalue weighted by molar-refractivity contribution is 5.76. The van der Waals surface area contributed by atoms with Crippen LogP contribution in [0.15, 0.2) is 48.6 Å². The van der Waals surface area contributed by atoms with Crippen LogP contribution >= 0.6 is 0 Å². The SMILES string of the molecule is CCCCCCCC/C=C\CCCCCCCC(=O)NC(CO)C(O)/C=C/CC/C=C/CC/C=C/CCCCCCCCCCCCCCCCCC. The van der Waals surface area contributed by atoms with Gasteiger partial charge in [0.25, 0.3) is 0 Å². The van der Waals surface area contributed by atoms with E-state index < -0.39 is 12.1 Å². The number of unbranched alkanes of at least 4 members (excludes halogenated alkanes) is 29. The van der Waals surface area contributed by atoms with Crippen molar-refractivity contribution >= 4 is 5.91 Å². The van der Waals surface area contributed by atoms with Crippen molar-refractivity contribution in [3.05, 3.63) is 48.6 Å². The summed E-state index contributed by atoms with van der Waals surface area (Å²) >= 11 is 0. The number of hydrogen-bond acceptors (Lipinski definition) is 3. The van der Waals surface area contributed by atoms with Crippen LogP contribution in [0.1, 0.15) is 239 Å². The van der Waals surface area contributed by atoms with Gasteiger partial charge in [-0.3, -0.25) is 4.79 Å². The zero-order chi connectivity index (χ0) is 38.6. The van der Waals surface area contributed by atoms with Crippen molar-refractivity contribution < 1.29 is 15.0 Å². The van der Waals surface area contributed by atoms with E-state index in [2.05, 4.69) is 55.6 Å². The molecule has 2 atom stereocenters. The number of amides is 1. The third-order valence-electron chi connectivity index (χ3n) is 10.5. The Balaban J connectivity index is 3.62. The Bertz CT molecular complexity index is 847. The number of aliphatic hydroxyl groups excluding tert-OH is 2. The van der Waals surface area contributed by atoms with Crippen LogP contribution in [0.4, 0.5) is 0 Å². The molecule has 0 aliphatic heterocycles. The maximum atomic E-state index is 12.4. The monoisotopic (exact) mass is 742 g/mol. The van der Waals surface area contributed by atoms with E-state index in [1.54, 1.807) is 6.08 Å². The molecule has 0 aromatic rings. The fourth-order valence-corrected chi connectivity index (χ4v) is 6.91. The molecule has 0 heterocycles. The number of nitrogens with one attached hydrogen (secondary N) is 1. The van der Waals surface area contributed by atoms with E-state index in [9.17, 15) is 15.0 Å². The molecule has 0 radical (unpaired) electrons. The summed E-state index contributed by atoms with van der Waals surface area (Å²) in [6.07, 6.45) is 60.9. The van der Waals surface area contributed by atoms with Crippen LogP contribution in [0.3, 0.4) is 0 Å². The molecule has 0 aliphatic rings. The third-order valence-corrected chi connectivity index (χ3v) is 10.5. The average molecular weight is 742 g/mol. The lowest BCUT2D eigenvalue weighted by Crippen LogP contribution is -2.45. The molecule has 310 valence electrons. The molecule has 0 aliphatic carbocycles. The zero-order valence-corrected chi connectivity index (χ0v) is 35.5. The van der Waals surface area contributed by atoms with Crippen molar-refractivity contribution in [2.24, 2.45) is 0 Å². The molecule has 4 heteroatoms. The van der Waals surface area contributed by atoms with E-state index in [4.69, 9.17) is 0 Å². The van der Waals surface area contributed by atoms with Crippen LogP contribution in [0, 0.1) is 0 Å². The first kappa shape index (κ1) is 51.4. The lowest BCUT2D eigenvalue weighted by Gasteiger charge is -2.19. The second-order valence-corrected chi connectivity index (χ2v) is 15.8. The molecule has 0 fully saturated rings. The van der Waals surface area contributed by atoms with Gasteiger partial charge in [0.15, 0.2) is 0 Å². The first-order chi connectivity index (χ1) is 26.2. The molecule has 53 heavy (non-hydrogen) atoms. The summed E-state index contributed by atoms with van der Waals surface area (Å²) in [6.45, 7) is 4.29. The van der Waals surface area contributed by atoms with Gasteiger partial charge in [0.05, 0.1) is 18.8 Å². The molecule has 1 amide bonds. The predicted octanol–water partition coefficient (Wildman–Crippen LogP) is 14.7. The van der Waals surface area contributed by atoms with Gasteiger partial charge < -0.3 is 15.5 Å². The number of hydrogen-bond donors (Lipinski definition) is 3. The molecule has 0 rings (SSSR count). The van der Waals surface area contributed by atoms with Crippen molar-refractivity contribution in [1.29, 1.82) is 0 Å². The number of aliphatic hydroxyl groups is 2. The minimum Gasteiger partial charge on any atom is -0.394 e. The summed E-state index contributed by atoms with van der Waals surface area (Å²) in [5.41, 5.74) is 0. The van der Waals surface area contributed by atoms with Gasteiger partial charge in [0.1, 0.15) is 0 Å². The van der Waals surface area contributed by atoms with Gasteiger partial charge >= 0.3 is 0 Å². The largest absolute Gasteiger partial charge is 0.394 e. The van der Waals surface area contributed by atoms with Gasteiger partial charge in [0, 0.05) is 6.42 Å². The summed E-state index contributed by atoms with van der Waals surface area (Å²) in [4.78, 5) is 12.4. The van der Waals surface area contributed by atoms with Crippen molar-refractivity contribution in [2.45, 2.75) is 251 Å². The standard InChI is InChI=1S/C49H91NO3/c1-3-5-7-9-11-13-15-17-19-20-21-22-23-24-25-26-27-28-29-31-32-34-36-38-40-42-44-48(52)47(46-51)50-49(53)45-43-41-39-37-35-33-30-18-16-14-12-10-8-6-4-2/h18,28-30,34,36,42,44,47-48,51-52H,3-17,19-27,31-33,35,37-41,43,45-46H2,1-2H3,(H,50,53)/b29-28+,30-18-,36-34+,44-42+. The van der Waals surface area contributed by atoms with Crippen LogP contribution < -0.4 is 5.32 Å². The Labute approximate surface area is 331 Å². The highest BCUT2D eigenvalue weighted by Gasteiger charge is 2.17. The lowest BCUT2D eigenvalue weighted by atomic mass is 10.0. The van der Waals surface area contributed by atoms with Gasteiger partial charge in [-0.15, -0.1) is 0 Å². The Morgan fingerprint density at radius 1 is 0.434 bits per heavy atom. The van der Waals surface area contributed by atoms with Crippen LogP contribution in [0.2, 0.25) is 0 Å². The van der Waals surface area contributed by atoms with Crippen molar-refractivity contribution in [2.75, 3.05) is 6.61 Å². The molecule has 0 bridgehead atoms. The number of rotatable bonds is 42. The summed E-state index contributed by atoms with van der Waals surface area (Å²) in [6, 6.07) is -0.650. The number of allylic oxidation sites excluding steroid dienone is 7. The smallest absolute Gasteiger partial charge is 0.220 e. The molecular formula is C49H91NO3. The van der Waals surface area contributed by atoms with E-state index in [0.717, 1.165) is 51.4 Å². The van der Waals surface area contributed by atoms with E-state index in [-0.39, 0.29) is 12.5 Å². The fourth-order valence-electron chi connectivity index (χ4n) is 6.91. The maximum absolute atomic E-state index is 12.4. The molecular weight excluding hydrogens is 651 g/mol. The highest BCUT2D eigenvalue weighted by atomic mass is 16.3. The maximum Gasteiger partial charge on any atom is 0.220 e. The minimum atomic E-state index is -0.874. The van der Waals surface area contributed by atoms with E-state index >= 15 is 0 Å². The topological polar surface area (TPSA) is 69.6 Å². The van der Waals surface area contributed by atoms with Gasteiger partial charge in [0.2, 0.25) is 5.91 Å². The Morgan fingerprint density at radius 3 is 1.09 bits per heavy atom. The van der Waals surface area contributed by atoms with Crippen molar-refractivity contribution in [3.8, 4) is 0 Å². The Morgan fingerprint density at radius 2 is 0.736 bits per heavy atom. The van der Waals surface area contributed by atoms with Crippen LogP contribution in [-0.4, -0.2) is 34.9 Å². The van der Waals surface area contributed by atoms with Gasteiger partial charge in [-0.2, -0.15) is 0 Å². The molecule has 0 aromatic heterocycles. The average Bonchev–Trinajstić information content (AvgIpc) is 3.16. The molecule has 4 nitrogen and oxygen atoms in total. The first-order valence-corrected chi connectivity index (χ1v) is 23.4. The molecule has 2 unspecified atom stereocenters. The lowest BCUT2D eigenvalue weighted by molar-refractivity contribution is -0.123. The third kappa shape index (κ3) is 41.4. The van der Waals surface area contributed by atoms with Gasteiger partial charge in [-0.05, 0) is 70.6 Å². The van der Waals surface area contributed by atoms with Gasteiger partial charge in [-0.25, -0.2) is 0 Å². The number of carbonyl (C=O) groups is 1. The van der Waals surface area contributed by atoms with Gasteiger partial charge in [-0.1, -0.05) is 210 Å². The quantitative estimate of drug-likeness (QED) is 0.0431. The Hall–Kier alpha value is -1.65. The molecule has 0 spiro atoms. The molecule has 3 N–H and O–H groups in total. The van der Waals surface area contributed by atoms with Crippen molar-refractivity contribution in [1.82, 2.24) is 5.32 Å². The van der Waals surface area contributed by atoms with Crippen LogP contribution in [0.25, 0.3) is 0 Å². The summed E-state index contributed by atoms with van der Waals surface area (Å²) < 4.78 is 0. The normalized spacial score (nSPS) is 13.4. The molecule has 0 saturated heterocycles. The first-order valence-electron chi connectivity index (χ1n) is 23.4. The summed E-state index contributed by atoms with van der Waals surface area (Å²) in [7, 11) is 0. The molecule has 0 aromatic carbocycles. The van der Waals surface area contributed by atoms with Crippen LogP contribution in [-0.2, 0) is 4.79 Å². The van der Waals surface area contributed by atoms with E-state index in [0.29, 0.717) is 6.42 Å². The van der Waals surface area contributed by atoms with E-state index in [1.807, 2.05) is 6.08 Å². The predicted molar refractivity (Wildman–Crippen MR) is 235 cm³/mol. The Kier molecular flexibility index (Phi) is 43.4. The summed E-state index contributed by atoms with van der Waals surface area (Å²) in [5.74, 6) is -0.0869. The fraction of sp³-hybridized carbons (Fsp3) is 0.816. The van der Waals surface area contributed by atoms with Crippen molar-refractivity contribution in [3.63, 3.8) is 0 Å². The zero-order valence-electron chi connectivity index (χ0n) is 35.5. The minimum absolute atomic E-state index is 0.0869. The second-order valence-electron chi connectivity index (χ2n) is 15.8. The second kappa shape index (κ2) is 44.7.